The van der Waals surface area contributed by atoms with Crippen LogP contribution in [0.4, 0.5) is 0 Å². The molecule has 1 aliphatic carbocycles. The first-order valence-corrected chi connectivity index (χ1v) is 10.2. The molecule has 8 heteroatoms. The van der Waals surface area contributed by atoms with Crippen LogP contribution in [0.5, 0.6) is 0 Å². The largest absolute Gasteiger partial charge is 0.464 e. The van der Waals surface area contributed by atoms with Gasteiger partial charge in [-0.25, -0.2) is 9.59 Å². The molecular formula is C24H23NO7. The van der Waals surface area contributed by atoms with Crippen LogP contribution in [0.1, 0.15) is 58.2 Å². The van der Waals surface area contributed by atoms with Gasteiger partial charge in [-0.3, -0.25) is 14.4 Å². The lowest BCUT2D eigenvalue weighted by molar-refractivity contribution is -0.168. The van der Waals surface area contributed by atoms with Gasteiger partial charge in [0.25, 0.3) is 0 Å². The number of benzene rings is 2. The Hall–Kier alpha value is -3.81. The maximum atomic E-state index is 13.0. The molecule has 0 aliphatic heterocycles. The van der Waals surface area contributed by atoms with Crippen LogP contribution < -0.4 is 5.32 Å². The second-order valence-electron chi connectivity index (χ2n) is 7.29. The second-order valence-corrected chi connectivity index (χ2v) is 7.29. The van der Waals surface area contributed by atoms with Crippen molar-refractivity contribution < 1.29 is 33.4 Å². The van der Waals surface area contributed by atoms with Gasteiger partial charge in [0.1, 0.15) is 0 Å². The molecule has 0 fully saturated rings. The maximum absolute atomic E-state index is 13.0. The van der Waals surface area contributed by atoms with Gasteiger partial charge in [0.2, 0.25) is 11.4 Å². The molecule has 0 aromatic heterocycles. The molecule has 0 radical (unpaired) electrons. The van der Waals surface area contributed by atoms with E-state index in [9.17, 15) is 24.0 Å². The summed E-state index contributed by atoms with van der Waals surface area (Å²) in [6.07, 6.45) is -0.319. The van der Waals surface area contributed by atoms with E-state index in [1.165, 1.54) is 25.1 Å². The highest BCUT2D eigenvalue weighted by atomic mass is 16.6. The first-order valence-electron chi connectivity index (χ1n) is 10.2. The summed E-state index contributed by atoms with van der Waals surface area (Å²) in [7, 11) is 0. The van der Waals surface area contributed by atoms with E-state index in [1.54, 1.807) is 38.1 Å². The van der Waals surface area contributed by atoms with E-state index in [1.807, 2.05) is 0 Å². The molecule has 1 N–H and O–H groups in total. The van der Waals surface area contributed by atoms with Crippen LogP contribution in [0.25, 0.3) is 0 Å². The third-order valence-corrected chi connectivity index (χ3v) is 5.10. The molecule has 0 atom stereocenters. The molecule has 0 saturated heterocycles. The number of esters is 2. The number of ether oxygens (including phenoxy) is 2. The number of carbonyl (C=O) groups excluding carboxylic acids is 5. The Balaban J connectivity index is 2.08. The first kappa shape index (κ1) is 22.9. The van der Waals surface area contributed by atoms with Gasteiger partial charge in [-0.15, -0.1) is 0 Å². The smallest absolute Gasteiger partial charge is 0.344 e. The maximum Gasteiger partial charge on any atom is 0.344 e. The van der Waals surface area contributed by atoms with Crippen LogP contribution in [-0.4, -0.2) is 48.2 Å². The summed E-state index contributed by atoms with van der Waals surface area (Å²) in [4.78, 5) is 63.4. The van der Waals surface area contributed by atoms with Crippen molar-refractivity contribution in [2.75, 3.05) is 13.2 Å². The van der Waals surface area contributed by atoms with Gasteiger partial charge in [-0.1, -0.05) is 36.4 Å². The molecule has 0 unspecified atom stereocenters. The molecule has 0 spiro atoms. The zero-order valence-electron chi connectivity index (χ0n) is 18.0. The summed E-state index contributed by atoms with van der Waals surface area (Å²) in [5.74, 6) is -3.21. The molecular weight excluding hydrogens is 414 g/mol. The van der Waals surface area contributed by atoms with Crippen LogP contribution in [0.2, 0.25) is 0 Å². The molecule has 0 saturated carbocycles. The number of hydrogen-bond donors (Lipinski definition) is 1. The van der Waals surface area contributed by atoms with Crippen molar-refractivity contribution in [3.8, 4) is 0 Å². The molecule has 32 heavy (non-hydrogen) atoms. The molecule has 2 aromatic carbocycles. The standard InChI is InChI=1S/C24H23NO7/c1-4-31-22(29)24(25-14(3)26,23(30)32-5-2)13-15-10-11-18-19(12-15)21(28)17-9-7-6-8-16(17)20(18)27/h6-12H,4-5,13H2,1-3H3,(H,25,26). The number of carbonyl (C=O) groups is 5. The minimum Gasteiger partial charge on any atom is -0.464 e. The van der Waals surface area contributed by atoms with Crippen LogP contribution in [0.15, 0.2) is 42.5 Å². The topological polar surface area (TPSA) is 116 Å². The van der Waals surface area contributed by atoms with E-state index in [-0.39, 0.29) is 47.9 Å². The van der Waals surface area contributed by atoms with Gasteiger partial charge in [0.15, 0.2) is 11.6 Å². The minimum atomic E-state index is -2.13. The Morgan fingerprint density at radius 1 is 0.812 bits per heavy atom. The van der Waals surface area contributed by atoms with Crippen molar-refractivity contribution in [3.63, 3.8) is 0 Å². The minimum absolute atomic E-state index is 0.0203. The van der Waals surface area contributed by atoms with Gasteiger partial charge in [-0.2, -0.15) is 0 Å². The summed E-state index contributed by atoms with van der Waals surface area (Å²) in [5.41, 5.74) is -0.759. The van der Waals surface area contributed by atoms with Crippen LogP contribution in [0, 0.1) is 0 Å². The lowest BCUT2D eigenvalue weighted by Crippen LogP contribution is -2.62. The van der Waals surface area contributed by atoms with E-state index in [0.29, 0.717) is 11.1 Å². The predicted octanol–water partition coefficient (Wildman–Crippen LogP) is 2.01. The number of fused-ring (bicyclic) bond motifs is 2. The van der Waals surface area contributed by atoms with Crippen molar-refractivity contribution in [2.24, 2.45) is 0 Å². The Morgan fingerprint density at radius 2 is 1.31 bits per heavy atom. The van der Waals surface area contributed by atoms with Gasteiger partial charge in [-0.05, 0) is 25.5 Å². The Morgan fingerprint density at radius 3 is 1.81 bits per heavy atom. The van der Waals surface area contributed by atoms with Gasteiger partial charge < -0.3 is 14.8 Å². The second kappa shape index (κ2) is 9.13. The Labute approximate surface area is 184 Å². The van der Waals surface area contributed by atoms with Gasteiger partial charge in [0.05, 0.1) is 13.2 Å². The Kier molecular flexibility index (Phi) is 6.53. The first-order chi connectivity index (χ1) is 15.2. The quantitative estimate of drug-likeness (QED) is 0.444. The predicted molar refractivity (Wildman–Crippen MR) is 113 cm³/mol. The fourth-order valence-corrected chi connectivity index (χ4v) is 3.75. The molecule has 0 bridgehead atoms. The summed E-state index contributed by atoms with van der Waals surface area (Å²) in [6, 6.07) is 11.0. The van der Waals surface area contributed by atoms with Crippen LogP contribution >= 0.6 is 0 Å². The lowest BCUT2D eigenvalue weighted by atomic mass is 9.81. The number of rotatable bonds is 7. The van der Waals surface area contributed by atoms with E-state index in [0.717, 1.165) is 0 Å². The Bertz CT molecular complexity index is 1100. The summed E-state index contributed by atoms with van der Waals surface area (Å²) < 4.78 is 10.1. The molecule has 8 nitrogen and oxygen atoms in total. The van der Waals surface area contributed by atoms with E-state index < -0.39 is 23.4 Å². The van der Waals surface area contributed by atoms with Crippen LogP contribution in [-0.2, 0) is 30.3 Å². The van der Waals surface area contributed by atoms with Gasteiger partial charge in [0, 0.05) is 35.6 Å². The third kappa shape index (κ3) is 4.03. The molecule has 166 valence electrons. The zero-order valence-corrected chi connectivity index (χ0v) is 18.0. The summed E-state index contributed by atoms with van der Waals surface area (Å²) in [6.45, 7) is 4.27. The SMILES string of the molecule is CCOC(=O)C(Cc1ccc2c(c1)C(=O)c1ccccc1C2=O)(NC(C)=O)C(=O)OCC. The average Bonchev–Trinajstić information content (AvgIpc) is 2.77. The van der Waals surface area contributed by atoms with Crippen LogP contribution in [0.3, 0.4) is 0 Å². The fraction of sp³-hybridized carbons (Fsp3) is 0.292. The zero-order chi connectivity index (χ0) is 23.5. The van der Waals surface area contributed by atoms with Crippen molar-refractivity contribution in [1.82, 2.24) is 5.32 Å². The highest BCUT2D eigenvalue weighted by Crippen LogP contribution is 2.29. The number of hydrogen-bond acceptors (Lipinski definition) is 7. The number of nitrogens with one attached hydrogen (secondary N) is 1. The van der Waals surface area contributed by atoms with Gasteiger partial charge >= 0.3 is 11.9 Å². The number of ketones is 2. The fourth-order valence-electron chi connectivity index (χ4n) is 3.75. The average molecular weight is 437 g/mol. The number of amides is 1. The highest BCUT2D eigenvalue weighted by molar-refractivity contribution is 6.28. The van der Waals surface area contributed by atoms with E-state index in [2.05, 4.69) is 5.32 Å². The molecule has 1 aliphatic rings. The van der Waals surface area contributed by atoms with Crippen molar-refractivity contribution >= 4 is 29.4 Å². The molecule has 1 amide bonds. The summed E-state index contributed by atoms with van der Waals surface area (Å²) >= 11 is 0. The third-order valence-electron chi connectivity index (χ3n) is 5.10. The van der Waals surface area contributed by atoms with Crippen molar-refractivity contribution in [2.45, 2.75) is 32.7 Å². The van der Waals surface area contributed by atoms with E-state index >= 15 is 0 Å². The van der Waals surface area contributed by atoms with E-state index in [4.69, 9.17) is 9.47 Å². The monoisotopic (exact) mass is 437 g/mol. The lowest BCUT2D eigenvalue weighted by Gasteiger charge is -2.30. The normalized spacial score (nSPS) is 12.5. The molecule has 0 heterocycles. The summed E-state index contributed by atoms with van der Waals surface area (Å²) in [5, 5.41) is 2.39. The van der Waals surface area contributed by atoms with Crippen molar-refractivity contribution in [3.05, 3.63) is 70.3 Å². The molecule has 3 rings (SSSR count). The molecule has 2 aromatic rings. The van der Waals surface area contributed by atoms with Crippen molar-refractivity contribution in [1.29, 1.82) is 0 Å². The highest BCUT2D eigenvalue weighted by Gasteiger charge is 2.50.